The van der Waals surface area contributed by atoms with Crippen LogP contribution >= 0.6 is 23.4 Å². The van der Waals surface area contributed by atoms with Gasteiger partial charge in [-0.1, -0.05) is 23.7 Å². The van der Waals surface area contributed by atoms with Crippen LogP contribution < -0.4 is 10.6 Å². The number of aromatic amines is 1. The molecule has 136 valence electrons. The van der Waals surface area contributed by atoms with Crippen molar-refractivity contribution in [2.45, 2.75) is 11.3 Å². The minimum Gasteiger partial charge on any atom is -0.356 e. The van der Waals surface area contributed by atoms with Gasteiger partial charge in [-0.2, -0.15) is 0 Å². The van der Waals surface area contributed by atoms with E-state index in [9.17, 15) is 0 Å². The Morgan fingerprint density at radius 3 is 2.65 bits per heavy atom. The lowest BCUT2D eigenvalue weighted by molar-refractivity contribution is 0.789. The van der Waals surface area contributed by atoms with Crippen molar-refractivity contribution < 1.29 is 0 Å². The Morgan fingerprint density at radius 2 is 1.88 bits per heavy atom. The fourth-order valence-electron chi connectivity index (χ4n) is 2.51. The second-order valence-electron chi connectivity index (χ2n) is 5.68. The summed E-state index contributed by atoms with van der Waals surface area (Å²) in [6.07, 6.45) is 0.814. The van der Waals surface area contributed by atoms with E-state index >= 15 is 0 Å². The van der Waals surface area contributed by atoms with Crippen LogP contribution in [0.15, 0.2) is 58.4 Å². The summed E-state index contributed by atoms with van der Waals surface area (Å²) in [5.74, 6) is 2.73. The molecule has 1 aromatic heterocycles. The first-order valence-corrected chi connectivity index (χ1v) is 9.87. The molecular weight excluding hydrogens is 366 g/mol. The zero-order valence-electron chi connectivity index (χ0n) is 14.6. The van der Waals surface area contributed by atoms with Crippen molar-refractivity contribution in [2.24, 2.45) is 4.99 Å². The van der Waals surface area contributed by atoms with Crippen molar-refractivity contribution in [3.63, 3.8) is 0 Å². The number of nitrogens with zero attached hydrogens (tertiary/aromatic N) is 2. The Balaban J connectivity index is 1.37. The van der Waals surface area contributed by atoms with Crippen LogP contribution in [0, 0.1) is 0 Å². The molecule has 26 heavy (non-hydrogen) atoms. The smallest absolute Gasteiger partial charge is 0.191 e. The van der Waals surface area contributed by atoms with Gasteiger partial charge in [-0.3, -0.25) is 4.99 Å². The number of para-hydroxylation sites is 2. The lowest BCUT2D eigenvalue weighted by Crippen LogP contribution is -2.39. The van der Waals surface area contributed by atoms with Crippen molar-refractivity contribution in [1.29, 1.82) is 0 Å². The largest absolute Gasteiger partial charge is 0.356 e. The number of hydrogen-bond acceptors (Lipinski definition) is 3. The van der Waals surface area contributed by atoms with Gasteiger partial charge in [0.2, 0.25) is 0 Å². The zero-order valence-corrected chi connectivity index (χ0v) is 16.2. The molecule has 3 aromatic rings. The number of thioether (sulfide) groups is 1. The molecule has 0 radical (unpaired) electrons. The summed E-state index contributed by atoms with van der Waals surface area (Å²) in [5, 5.41) is 7.41. The van der Waals surface area contributed by atoms with Crippen LogP contribution in [0.2, 0.25) is 5.02 Å². The predicted molar refractivity (Wildman–Crippen MR) is 111 cm³/mol. The summed E-state index contributed by atoms with van der Waals surface area (Å²) in [7, 11) is 1.78. The van der Waals surface area contributed by atoms with E-state index in [1.807, 2.05) is 48.5 Å². The van der Waals surface area contributed by atoms with E-state index in [0.29, 0.717) is 0 Å². The fourth-order valence-corrected chi connectivity index (χ4v) is 3.41. The van der Waals surface area contributed by atoms with Crippen molar-refractivity contribution in [2.75, 3.05) is 25.9 Å². The molecule has 1 heterocycles. The maximum absolute atomic E-state index is 5.90. The van der Waals surface area contributed by atoms with Crippen molar-refractivity contribution in [3.8, 4) is 0 Å². The molecule has 0 unspecified atom stereocenters. The number of benzene rings is 2. The molecule has 0 bridgehead atoms. The zero-order chi connectivity index (χ0) is 18.2. The first-order chi connectivity index (χ1) is 12.7. The number of imidazole rings is 1. The van der Waals surface area contributed by atoms with Gasteiger partial charge < -0.3 is 15.6 Å². The van der Waals surface area contributed by atoms with E-state index in [1.54, 1.807) is 18.8 Å². The molecule has 0 fully saturated rings. The Bertz CT molecular complexity index is 827. The number of fused-ring (bicyclic) bond motifs is 1. The summed E-state index contributed by atoms with van der Waals surface area (Å²) in [6.45, 7) is 1.60. The highest BCUT2D eigenvalue weighted by Gasteiger charge is 2.03. The van der Waals surface area contributed by atoms with E-state index in [4.69, 9.17) is 11.6 Å². The molecule has 0 aliphatic carbocycles. The topological polar surface area (TPSA) is 65.1 Å². The predicted octanol–water partition coefficient (Wildman–Crippen LogP) is 3.72. The van der Waals surface area contributed by atoms with E-state index in [1.165, 1.54) is 4.90 Å². The van der Waals surface area contributed by atoms with E-state index in [2.05, 4.69) is 25.6 Å². The molecule has 0 saturated carbocycles. The van der Waals surface area contributed by atoms with Gasteiger partial charge in [-0.25, -0.2) is 4.98 Å². The molecule has 2 aromatic carbocycles. The monoisotopic (exact) mass is 387 g/mol. The van der Waals surface area contributed by atoms with E-state index < -0.39 is 0 Å². The minimum atomic E-state index is 0.765. The summed E-state index contributed by atoms with van der Waals surface area (Å²) >= 11 is 7.68. The number of halogens is 1. The number of hydrogen-bond donors (Lipinski definition) is 3. The van der Waals surface area contributed by atoms with Crippen LogP contribution in [-0.4, -0.2) is 41.8 Å². The Morgan fingerprint density at radius 1 is 1.12 bits per heavy atom. The molecule has 0 amide bonds. The molecule has 0 atom stereocenters. The molecule has 0 saturated heterocycles. The third-order valence-electron chi connectivity index (χ3n) is 3.79. The third kappa shape index (κ3) is 5.41. The van der Waals surface area contributed by atoms with E-state index in [-0.39, 0.29) is 0 Å². The Hall–Kier alpha value is -2.18. The van der Waals surface area contributed by atoms with E-state index in [0.717, 1.165) is 53.1 Å². The van der Waals surface area contributed by atoms with Crippen molar-refractivity contribution in [3.05, 3.63) is 59.4 Å². The Labute approximate surface area is 162 Å². The van der Waals surface area contributed by atoms with Gasteiger partial charge in [0.1, 0.15) is 5.82 Å². The van der Waals surface area contributed by atoms with Gasteiger partial charge in [-0.05, 0) is 36.4 Å². The summed E-state index contributed by atoms with van der Waals surface area (Å²) in [4.78, 5) is 13.4. The van der Waals surface area contributed by atoms with Gasteiger partial charge in [-0.15, -0.1) is 11.8 Å². The number of nitrogens with one attached hydrogen (secondary N) is 3. The molecular formula is C19H22ClN5S. The third-order valence-corrected chi connectivity index (χ3v) is 5.06. The average Bonchev–Trinajstić information content (AvgIpc) is 3.08. The van der Waals surface area contributed by atoms with Crippen molar-refractivity contribution in [1.82, 2.24) is 20.6 Å². The molecule has 5 nitrogen and oxygen atoms in total. The van der Waals surface area contributed by atoms with Gasteiger partial charge in [0.05, 0.1) is 11.0 Å². The minimum absolute atomic E-state index is 0.765. The van der Waals surface area contributed by atoms with Crippen LogP contribution in [0.3, 0.4) is 0 Å². The summed E-state index contributed by atoms with van der Waals surface area (Å²) in [5.41, 5.74) is 2.08. The number of guanidine groups is 1. The molecule has 3 rings (SSSR count). The van der Waals surface area contributed by atoms with Gasteiger partial charge in [0.15, 0.2) is 5.96 Å². The van der Waals surface area contributed by atoms with Crippen LogP contribution in [0.1, 0.15) is 5.82 Å². The molecule has 0 spiro atoms. The maximum atomic E-state index is 5.90. The quantitative estimate of drug-likeness (QED) is 0.250. The lowest BCUT2D eigenvalue weighted by atomic mass is 10.3. The second-order valence-corrected chi connectivity index (χ2v) is 7.28. The molecule has 7 heteroatoms. The number of aliphatic imine (C=N–C) groups is 1. The second kappa shape index (κ2) is 9.50. The number of rotatable bonds is 7. The molecule has 3 N–H and O–H groups in total. The highest BCUT2D eigenvalue weighted by molar-refractivity contribution is 7.99. The van der Waals surface area contributed by atoms with Gasteiger partial charge >= 0.3 is 0 Å². The summed E-state index contributed by atoms with van der Waals surface area (Å²) in [6, 6.07) is 16.0. The average molecular weight is 388 g/mol. The van der Waals surface area contributed by atoms with Crippen molar-refractivity contribution >= 4 is 40.4 Å². The molecule has 0 aliphatic heterocycles. The van der Waals surface area contributed by atoms with Crippen LogP contribution in [-0.2, 0) is 6.42 Å². The van der Waals surface area contributed by atoms with Gasteiger partial charge in [0, 0.05) is 42.2 Å². The number of aromatic nitrogens is 2. The SMILES string of the molecule is CN=C(NCCSc1ccc(Cl)cc1)NCCc1nc2ccccc2[nH]1. The lowest BCUT2D eigenvalue weighted by Gasteiger charge is -2.11. The summed E-state index contributed by atoms with van der Waals surface area (Å²) < 4.78 is 0. The fraction of sp³-hybridized carbons (Fsp3) is 0.263. The van der Waals surface area contributed by atoms with Crippen LogP contribution in [0.4, 0.5) is 0 Å². The number of H-pyrrole nitrogens is 1. The van der Waals surface area contributed by atoms with Gasteiger partial charge in [0.25, 0.3) is 0 Å². The maximum Gasteiger partial charge on any atom is 0.191 e. The first-order valence-electron chi connectivity index (χ1n) is 8.51. The standard InChI is InChI=1S/C19H22ClN5S/c1-21-19(23-12-13-26-15-8-6-14(20)7-9-15)22-11-10-18-24-16-4-2-3-5-17(16)25-18/h2-9H,10-13H2,1H3,(H,24,25)(H2,21,22,23). The normalized spacial score (nSPS) is 11.7. The van der Waals surface area contributed by atoms with Crippen LogP contribution in [0.25, 0.3) is 11.0 Å². The highest BCUT2D eigenvalue weighted by Crippen LogP contribution is 2.19. The highest BCUT2D eigenvalue weighted by atomic mass is 35.5. The first kappa shape index (κ1) is 18.6. The Kier molecular flexibility index (Phi) is 6.80. The molecule has 0 aliphatic rings. The van der Waals surface area contributed by atoms with Crippen LogP contribution in [0.5, 0.6) is 0 Å².